The maximum atomic E-state index is 10.7. The molecule has 1 rings (SSSR count). The molecule has 0 radical (unpaired) electrons. The van der Waals surface area contributed by atoms with Gasteiger partial charge >= 0.3 is 11.2 Å². The summed E-state index contributed by atoms with van der Waals surface area (Å²) in [5.41, 5.74) is -3.88. The van der Waals surface area contributed by atoms with Crippen molar-refractivity contribution in [3.8, 4) is 0 Å². The summed E-state index contributed by atoms with van der Waals surface area (Å²) in [6, 6.07) is 7.31. The normalized spacial score (nSPS) is 11.1. The molecule has 0 atom stereocenters. The first-order valence-electron chi connectivity index (χ1n) is 4.02. The molecule has 94 valence electrons. The standard InChI is InChI=1S/C7H7N2.CHF3O3S/c1-6-2-4-7(9-8)5-3-6;2-1(3,4)8(5,6)7/h2-5H,1H3;(H,5,6,7)/q+1;/p-1. The number of aryl methyl sites for hydroxylation is 1. The van der Waals surface area contributed by atoms with Crippen LogP contribution in [0.4, 0.5) is 18.9 Å². The average Bonchev–Trinajstić information content (AvgIpc) is 2.17. The summed E-state index contributed by atoms with van der Waals surface area (Å²) >= 11 is 0. The van der Waals surface area contributed by atoms with Gasteiger partial charge in [-0.2, -0.15) is 13.2 Å². The van der Waals surface area contributed by atoms with Gasteiger partial charge in [0.15, 0.2) is 15.1 Å². The van der Waals surface area contributed by atoms with Gasteiger partial charge in [-0.3, -0.25) is 0 Å². The summed E-state index contributed by atoms with van der Waals surface area (Å²) in [6.07, 6.45) is 0. The molecule has 0 bridgehead atoms. The van der Waals surface area contributed by atoms with Crippen LogP contribution in [0.3, 0.4) is 0 Å². The maximum absolute atomic E-state index is 10.7. The number of hydrogen-bond acceptors (Lipinski definition) is 4. The van der Waals surface area contributed by atoms with Gasteiger partial charge in [-0.15, -0.1) is 0 Å². The summed E-state index contributed by atoms with van der Waals surface area (Å²) < 4.78 is 58.9. The highest BCUT2D eigenvalue weighted by atomic mass is 32.2. The van der Waals surface area contributed by atoms with Crippen molar-refractivity contribution < 1.29 is 26.1 Å². The Kier molecular flexibility index (Phi) is 5.06. The molecule has 0 saturated heterocycles. The van der Waals surface area contributed by atoms with Crippen LogP contribution >= 0.6 is 0 Å². The number of alkyl halides is 3. The Morgan fingerprint density at radius 1 is 1.24 bits per heavy atom. The molecule has 0 unspecified atom stereocenters. The van der Waals surface area contributed by atoms with E-state index >= 15 is 0 Å². The highest BCUT2D eigenvalue weighted by molar-refractivity contribution is 7.86. The largest absolute Gasteiger partial charge is 0.741 e. The van der Waals surface area contributed by atoms with E-state index in [0.29, 0.717) is 5.69 Å². The molecule has 0 aliphatic rings. The molecular weight excluding hydrogens is 261 g/mol. The molecule has 0 aromatic heterocycles. The fourth-order valence-corrected chi connectivity index (χ4v) is 0.611. The lowest BCUT2D eigenvalue weighted by Gasteiger charge is -2.08. The molecular formula is C8H7F3N2O3S. The van der Waals surface area contributed by atoms with Crippen LogP contribution in [-0.4, -0.2) is 18.5 Å². The number of diazo groups is 1. The van der Waals surface area contributed by atoms with E-state index in [9.17, 15) is 13.2 Å². The fraction of sp³-hybridized carbons (Fsp3) is 0.250. The van der Waals surface area contributed by atoms with Crippen LogP contribution in [-0.2, 0) is 10.1 Å². The zero-order valence-corrected chi connectivity index (χ0v) is 9.29. The van der Waals surface area contributed by atoms with Crippen molar-refractivity contribution in [2.75, 3.05) is 0 Å². The van der Waals surface area contributed by atoms with E-state index < -0.39 is 15.6 Å². The smallest absolute Gasteiger partial charge is 0.485 e. The first-order valence-corrected chi connectivity index (χ1v) is 5.42. The first kappa shape index (κ1) is 15.3. The Morgan fingerprint density at radius 2 is 1.59 bits per heavy atom. The van der Waals surface area contributed by atoms with Gasteiger partial charge in [0.1, 0.15) is 0 Å². The molecule has 0 amide bonds. The van der Waals surface area contributed by atoms with E-state index in [4.69, 9.17) is 18.4 Å². The predicted molar refractivity (Wildman–Crippen MR) is 51.7 cm³/mol. The monoisotopic (exact) mass is 268 g/mol. The minimum atomic E-state index is -6.09. The Balaban J connectivity index is 0.000000304. The van der Waals surface area contributed by atoms with Crippen LogP contribution in [0.25, 0.3) is 4.98 Å². The van der Waals surface area contributed by atoms with Crippen molar-refractivity contribution in [3.63, 3.8) is 0 Å². The van der Waals surface area contributed by atoms with E-state index in [-0.39, 0.29) is 0 Å². The molecule has 0 aliphatic heterocycles. The van der Waals surface area contributed by atoms with Crippen LogP contribution < -0.4 is 0 Å². The summed E-state index contributed by atoms with van der Waals surface area (Å²) in [5.74, 6) is 0. The molecule has 0 spiro atoms. The van der Waals surface area contributed by atoms with Crippen LogP contribution in [0.5, 0.6) is 0 Å². The molecule has 1 aromatic rings. The van der Waals surface area contributed by atoms with Crippen LogP contribution in [0.1, 0.15) is 5.56 Å². The summed E-state index contributed by atoms with van der Waals surface area (Å²) in [6.45, 7) is 1.99. The lowest BCUT2D eigenvalue weighted by Crippen LogP contribution is -2.21. The summed E-state index contributed by atoms with van der Waals surface area (Å²) in [4.78, 5) is 3.01. The van der Waals surface area contributed by atoms with Gasteiger partial charge < -0.3 is 4.55 Å². The topological polar surface area (TPSA) is 85.3 Å². The number of hydrogen-bond donors (Lipinski definition) is 0. The Hall–Kier alpha value is -1.66. The van der Waals surface area contributed by atoms with Gasteiger partial charge in [0, 0.05) is 12.1 Å². The third-order valence-electron chi connectivity index (χ3n) is 1.43. The molecule has 0 aliphatic carbocycles. The summed E-state index contributed by atoms with van der Waals surface area (Å²) in [5, 5.41) is 8.25. The first-order chi connectivity index (χ1) is 7.58. The van der Waals surface area contributed by atoms with E-state index in [1.807, 2.05) is 19.1 Å². The third kappa shape index (κ3) is 5.84. The quantitative estimate of drug-likeness (QED) is 0.411. The van der Waals surface area contributed by atoms with E-state index in [0.717, 1.165) is 0 Å². The number of nitrogens with zero attached hydrogens (tertiary/aromatic N) is 2. The second-order valence-electron chi connectivity index (χ2n) is 2.84. The lowest BCUT2D eigenvalue weighted by molar-refractivity contribution is -0.0517. The molecule has 0 heterocycles. The van der Waals surface area contributed by atoms with Crippen molar-refractivity contribution in [2.24, 2.45) is 0 Å². The second-order valence-corrected chi connectivity index (χ2v) is 4.21. The fourth-order valence-electron chi connectivity index (χ4n) is 0.611. The molecule has 17 heavy (non-hydrogen) atoms. The van der Waals surface area contributed by atoms with Crippen LogP contribution in [0.15, 0.2) is 24.3 Å². The van der Waals surface area contributed by atoms with Crippen molar-refractivity contribution in [3.05, 3.63) is 34.8 Å². The van der Waals surface area contributed by atoms with Gasteiger partial charge in [0.2, 0.25) is 5.39 Å². The molecule has 0 N–H and O–H groups in total. The summed E-state index contributed by atoms with van der Waals surface area (Å²) in [7, 11) is -6.09. The Morgan fingerprint density at radius 3 is 1.82 bits per heavy atom. The van der Waals surface area contributed by atoms with Crippen molar-refractivity contribution >= 4 is 15.8 Å². The molecule has 0 saturated carbocycles. The highest BCUT2D eigenvalue weighted by Gasteiger charge is 2.36. The molecule has 5 nitrogen and oxygen atoms in total. The van der Waals surface area contributed by atoms with Gasteiger partial charge in [0.25, 0.3) is 0 Å². The van der Waals surface area contributed by atoms with E-state index in [2.05, 4.69) is 4.98 Å². The number of halogens is 3. The lowest BCUT2D eigenvalue weighted by atomic mass is 10.2. The van der Waals surface area contributed by atoms with Crippen molar-refractivity contribution in [1.29, 1.82) is 5.39 Å². The SMILES string of the molecule is Cc1ccc([N+]#N)cc1.O=S(=O)([O-])C(F)(F)F. The van der Waals surface area contributed by atoms with Gasteiger partial charge in [-0.1, -0.05) is 17.7 Å². The van der Waals surface area contributed by atoms with E-state index in [1.165, 1.54) is 5.56 Å². The highest BCUT2D eigenvalue weighted by Crippen LogP contribution is 2.20. The zero-order valence-electron chi connectivity index (χ0n) is 8.47. The van der Waals surface area contributed by atoms with E-state index in [1.54, 1.807) is 12.1 Å². The van der Waals surface area contributed by atoms with Crippen LogP contribution in [0.2, 0.25) is 0 Å². The second kappa shape index (κ2) is 5.60. The predicted octanol–water partition coefficient (Wildman–Crippen LogP) is 2.53. The molecule has 0 fully saturated rings. The number of rotatable bonds is 0. The number of benzene rings is 1. The molecule has 1 aromatic carbocycles. The van der Waals surface area contributed by atoms with Gasteiger partial charge in [-0.05, 0) is 6.92 Å². The third-order valence-corrected chi connectivity index (χ3v) is 2.00. The van der Waals surface area contributed by atoms with Gasteiger partial charge in [0.05, 0.1) is 0 Å². The maximum Gasteiger partial charge on any atom is 0.485 e. The van der Waals surface area contributed by atoms with Crippen molar-refractivity contribution in [1.82, 2.24) is 0 Å². The van der Waals surface area contributed by atoms with Crippen LogP contribution in [0, 0.1) is 12.3 Å². The zero-order chi connectivity index (χ0) is 13.7. The Bertz CT molecular complexity index is 502. The average molecular weight is 268 g/mol. The minimum absolute atomic E-state index is 0.598. The van der Waals surface area contributed by atoms with Crippen molar-refractivity contribution in [2.45, 2.75) is 12.4 Å². The molecule has 9 heteroatoms. The van der Waals surface area contributed by atoms with Gasteiger partial charge in [-0.25, -0.2) is 8.42 Å². The minimum Gasteiger partial charge on any atom is -0.741 e. The Labute approximate surface area is 95.3 Å².